The second kappa shape index (κ2) is 6.63. The maximum atomic E-state index is 12.5. The number of nitrogens with one attached hydrogen (secondary N) is 1. The van der Waals surface area contributed by atoms with Gasteiger partial charge in [0.1, 0.15) is 5.82 Å². The number of rotatable bonds is 6. The minimum Gasteiger partial charge on any atom is -0.396 e. The van der Waals surface area contributed by atoms with Crippen LogP contribution in [0, 0.1) is 5.41 Å². The fraction of sp³-hybridized carbons (Fsp3) is 0.615. The Hall–Kier alpha value is -1.01. The molecule has 114 valence electrons. The third-order valence-corrected chi connectivity index (χ3v) is 3.20. The number of hydrogen-bond donors (Lipinski definition) is 2. The Labute approximate surface area is 121 Å². The molecule has 0 aliphatic rings. The Balaban J connectivity index is 2.70. The normalized spacial score (nSPS) is 12.6. The van der Waals surface area contributed by atoms with Crippen molar-refractivity contribution < 1.29 is 18.3 Å². The van der Waals surface area contributed by atoms with E-state index in [9.17, 15) is 13.2 Å². The number of alkyl halides is 3. The third kappa shape index (κ3) is 5.17. The summed E-state index contributed by atoms with van der Waals surface area (Å²) in [5.74, 6) is 0.233. The highest BCUT2D eigenvalue weighted by molar-refractivity contribution is 6.32. The van der Waals surface area contributed by atoms with E-state index >= 15 is 0 Å². The first kappa shape index (κ1) is 17.0. The third-order valence-electron chi connectivity index (χ3n) is 2.91. The Bertz CT molecular complexity index is 450. The van der Waals surface area contributed by atoms with Crippen molar-refractivity contribution in [2.75, 3.05) is 18.5 Å². The molecule has 0 aromatic carbocycles. The van der Waals surface area contributed by atoms with Crippen LogP contribution in [0.2, 0.25) is 5.02 Å². The number of aliphatic hydroxyl groups is 1. The van der Waals surface area contributed by atoms with Gasteiger partial charge < -0.3 is 10.4 Å². The summed E-state index contributed by atoms with van der Waals surface area (Å²) in [6.07, 6.45) is -2.23. The maximum absolute atomic E-state index is 12.5. The minimum absolute atomic E-state index is 0.0576. The van der Waals surface area contributed by atoms with Crippen molar-refractivity contribution in [1.29, 1.82) is 0 Å². The first-order valence-corrected chi connectivity index (χ1v) is 6.61. The summed E-state index contributed by atoms with van der Waals surface area (Å²) in [7, 11) is 0. The van der Waals surface area contributed by atoms with Gasteiger partial charge in [-0.25, -0.2) is 4.98 Å². The summed E-state index contributed by atoms with van der Waals surface area (Å²) in [5.41, 5.74) is -0.983. The molecule has 1 aromatic heterocycles. The highest BCUT2D eigenvalue weighted by atomic mass is 35.5. The molecular weight excluding hydrogens is 293 g/mol. The van der Waals surface area contributed by atoms with Crippen LogP contribution in [0.4, 0.5) is 19.0 Å². The van der Waals surface area contributed by atoms with Gasteiger partial charge in [-0.2, -0.15) is 13.2 Å². The van der Waals surface area contributed by atoms with E-state index in [0.717, 1.165) is 18.7 Å². The van der Waals surface area contributed by atoms with Crippen LogP contribution in [0.3, 0.4) is 0 Å². The molecule has 1 rings (SSSR count). The lowest BCUT2D eigenvalue weighted by molar-refractivity contribution is -0.137. The number of pyridine rings is 1. The number of nitrogens with zero attached hydrogens (tertiary/aromatic N) is 1. The van der Waals surface area contributed by atoms with Gasteiger partial charge in [-0.1, -0.05) is 25.4 Å². The van der Waals surface area contributed by atoms with Crippen molar-refractivity contribution in [1.82, 2.24) is 4.98 Å². The van der Waals surface area contributed by atoms with E-state index in [1.807, 2.05) is 13.8 Å². The predicted molar refractivity (Wildman–Crippen MR) is 72.8 cm³/mol. The van der Waals surface area contributed by atoms with Gasteiger partial charge in [-0.3, -0.25) is 0 Å². The molecule has 1 aromatic rings. The predicted octanol–water partition coefficient (Wildman–Crippen LogP) is 3.96. The molecule has 2 N–H and O–H groups in total. The molecule has 0 atom stereocenters. The number of aromatic nitrogens is 1. The molecule has 0 aliphatic heterocycles. The number of aliphatic hydroxyl groups excluding tert-OH is 1. The molecular formula is C13H18ClF3N2O. The van der Waals surface area contributed by atoms with Crippen molar-refractivity contribution in [3.05, 3.63) is 22.8 Å². The van der Waals surface area contributed by atoms with Crippen molar-refractivity contribution in [3.63, 3.8) is 0 Å². The Morgan fingerprint density at radius 2 is 2.00 bits per heavy atom. The molecule has 0 aliphatic carbocycles. The molecule has 0 radical (unpaired) electrons. The van der Waals surface area contributed by atoms with E-state index < -0.39 is 11.7 Å². The average molecular weight is 311 g/mol. The zero-order valence-corrected chi connectivity index (χ0v) is 12.1. The number of halogens is 4. The van der Waals surface area contributed by atoms with Gasteiger partial charge >= 0.3 is 6.18 Å². The summed E-state index contributed by atoms with van der Waals surface area (Å²) in [6, 6.07) is 0.859. The smallest absolute Gasteiger partial charge is 0.396 e. The molecule has 0 bridgehead atoms. The highest BCUT2D eigenvalue weighted by Crippen LogP contribution is 2.33. The lowest BCUT2D eigenvalue weighted by Gasteiger charge is -2.25. The minimum atomic E-state index is -4.45. The summed E-state index contributed by atoms with van der Waals surface area (Å²) >= 11 is 5.80. The monoisotopic (exact) mass is 310 g/mol. The van der Waals surface area contributed by atoms with Crippen molar-refractivity contribution in [2.24, 2.45) is 5.41 Å². The van der Waals surface area contributed by atoms with Crippen LogP contribution < -0.4 is 5.32 Å². The van der Waals surface area contributed by atoms with E-state index in [-0.39, 0.29) is 22.9 Å². The molecule has 7 heteroatoms. The number of hydrogen-bond acceptors (Lipinski definition) is 3. The molecule has 0 saturated carbocycles. The Morgan fingerprint density at radius 3 is 2.50 bits per heavy atom. The first-order valence-electron chi connectivity index (χ1n) is 6.23. The summed E-state index contributed by atoms with van der Waals surface area (Å²) in [6.45, 7) is 4.61. The van der Waals surface area contributed by atoms with Crippen LogP contribution in [-0.4, -0.2) is 23.2 Å². The van der Waals surface area contributed by atoms with Gasteiger partial charge in [0.15, 0.2) is 0 Å². The van der Waals surface area contributed by atoms with Crippen LogP contribution in [0.25, 0.3) is 0 Å². The fourth-order valence-electron chi connectivity index (χ4n) is 1.69. The van der Waals surface area contributed by atoms with E-state index in [1.165, 1.54) is 0 Å². The van der Waals surface area contributed by atoms with Crippen LogP contribution in [-0.2, 0) is 6.18 Å². The van der Waals surface area contributed by atoms with E-state index in [0.29, 0.717) is 13.0 Å². The average Bonchev–Trinajstić information content (AvgIpc) is 2.34. The molecule has 0 amide bonds. The molecule has 0 fully saturated rings. The van der Waals surface area contributed by atoms with E-state index in [1.54, 1.807) is 0 Å². The summed E-state index contributed by atoms with van der Waals surface area (Å²) < 4.78 is 37.4. The zero-order chi connectivity index (χ0) is 15.4. The molecule has 1 heterocycles. The number of anilines is 1. The van der Waals surface area contributed by atoms with Crippen LogP contribution in [0.5, 0.6) is 0 Å². The van der Waals surface area contributed by atoms with Crippen molar-refractivity contribution in [3.8, 4) is 0 Å². The molecule has 0 unspecified atom stereocenters. The summed E-state index contributed by atoms with van der Waals surface area (Å²) in [5, 5.41) is 11.7. The van der Waals surface area contributed by atoms with Crippen LogP contribution in [0.1, 0.15) is 32.3 Å². The fourth-order valence-corrected chi connectivity index (χ4v) is 1.93. The lowest BCUT2D eigenvalue weighted by Crippen LogP contribution is -2.24. The van der Waals surface area contributed by atoms with E-state index in [4.69, 9.17) is 16.7 Å². The van der Waals surface area contributed by atoms with E-state index in [2.05, 4.69) is 10.3 Å². The van der Waals surface area contributed by atoms with Gasteiger partial charge in [0, 0.05) is 19.3 Å². The Morgan fingerprint density at radius 1 is 1.35 bits per heavy atom. The van der Waals surface area contributed by atoms with Gasteiger partial charge in [0.25, 0.3) is 0 Å². The molecule has 0 saturated heterocycles. The zero-order valence-electron chi connectivity index (χ0n) is 11.4. The standard InChI is InChI=1S/C13H18ClF3N2O/c1-12(2,4-3-5-20)8-19-11-10(14)6-9(7-18-11)13(15,16)17/h6-7,20H,3-5,8H2,1-2H3,(H,18,19). The largest absolute Gasteiger partial charge is 0.417 e. The molecule has 0 spiro atoms. The molecule has 20 heavy (non-hydrogen) atoms. The van der Waals surface area contributed by atoms with Gasteiger partial charge in [-0.05, 0) is 24.3 Å². The second-order valence-corrected chi connectivity index (χ2v) is 5.80. The quantitative estimate of drug-likeness (QED) is 0.836. The van der Waals surface area contributed by atoms with Crippen LogP contribution >= 0.6 is 11.6 Å². The van der Waals surface area contributed by atoms with Crippen molar-refractivity contribution >= 4 is 17.4 Å². The molecule has 3 nitrogen and oxygen atoms in total. The van der Waals surface area contributed by atoms with Crippen LogP contribution in [0.15, 0.2) is 12.3 Å². The summed E-state index contributed by atoms with van der Waals surface area (Å²) in [4.78, 5) is 3.72. The van der Waals surface area contributed by atoms with Gasteiger partial charge in [-0.15, -0.1) is 0 Å². The highest BCUT2D eigenvalue weighted by Gasteiger charge is 2.31. The lowest BCUT2D eigenvalue weighted by atomic mass is 9.88. The SMILES string of the molecule is CC(C)(CCCO)CNc1ncc(C(F)(F)F)cc1Cl. The Kier molecular flexibility index (Phi) is 5.65. The first-order chi connectivity index (χ1) is 9.15. The van der Waals surface area contributed by atoms with Crippen molar-refractivity contribution in [2.45, 2.75) is 32.9 Å². The maximum Gasteiger partial charge on any atom is 0.417 e. The topological polar surface area (TPSA) is 45.1 Å². The van der Waals surface area contributed by atoms with Gasteiger partial charge in [0.05, 0.1) is 10.6 Å². The second-order valence-electron chi connectivity index (χ2n) is 5.40. The van der Waals surface area contributed by atoms with Gasteiger partial charge in [0.2, 0.25) is 0 Å².